The average Bonchev–Trinajstić information content (AvgIpc) is 2.88. The maximum absolute atomic E-state index is 5.39. The van der Waals surface area contributed by atoms with Gasteiger partial charge in [-0.15, -0.1) is 0 Å². The summed E-state index contributed by atoms with van der Waals surface area (Å²) in [5.41, 5.74) is 2.36. The highest BCUT2D eigenvalue weighted by atomic mass is 16.5. The van der Waals surface area contributed by atoms with Crippen molar-refractivity contribution < 1.29 is 9.47 Å². The number of anilines is 1. The standard InChI is InChI=1S/C15H19N3O2/c1-10-9-17-18-12(6-7-16-15(10)18)11-4-5-13(19-2)14(8-11)20-3/h4-5,8-9,12,16H,6-7H2,1-3H3. The maximum Gasteiger partial charge on any atom is 0.161 e. The number of benzene rings is 1. The van der Waals surface area contributed by atoms with Gasteiger partial charge in [-0.2, -0.15) is 5.10 Å². The quantitative estimate of drug-likeness (QED) is 0.934. The van der Waals surface area contributed by atoms with Crippen LogP contribution < -0.4 is 14.8 Å². The second-order valence-electron chi connectivity index (χ2n) is 4.97. The van der Waals surface area contributed by atoms with Gasteiger partial charge in [0.05, 0.1) is 26.5 Å². The Hall–Kier alpha value is -2.17. The van der Waals surface area contributed by atoms with Crippen molar-refractivity contribution in [2.24, 2.45) is 0 Å². The van der Waals surface area contributed by atoms with E-state index in [0.717, 1.165) is 30.3 Å². The summed E-state index contributed by atoms with van der Waals surface area (Å²) in [5.74, 6) is 2.62. The average molecular weight is 273 g/mol. The molecule has 1 aromatic carbocycles. The number of nitrogens with zero attached hydrogens (tertiary/aromatic N) is 2. The van der Waals surface area contributed by atoms with Gasteiger partial charge in [0, 0.05) is 12.1 Å². The predicted molar refractivity (Wildman–Crippen MR) is 77.8 cm³/mol. The summed E-state index contributed by atoms with van der Waals surface area (Å²) in [7, 11) is 3.31. The number of hydrogen-bond donors (Lipinski definition) is 1. The highest BCUT2D eigenvalue weighted by Crippen LogP contribution is 2.35. The molecule has 0 bridgehead atoms. The van der Waals surface area contributed by atoms with Gasteiger partial charge in [0.2, 0.25) is 0 Å². The van der Waals surface area contributed by atoms with Gasteiger partial charge in [-0.25, -0.2) is 4.68 Å². The molecule has 20 heavy (non-hydrogen) atoms. The summed E-state index contributed by atoms with van der Waals surface area (Å²) in [4.78, 5) is 0. The molecule has 1 aromatic heterocycles. The SMILES string of the molecule is COc1ccc(C2CCNc3c(C)cnn32)cc1OC. The summed E-state index contributed by atoms with van der Waals surface area (Å²) in [5, 5.41) is 7.90. The van der Waals surface area contributed by atoms with Crippen LogP contribution in [-0.2, 0) is 0 Å². The molecule has 1 unspecified atom stereocenters. The lowest BCUT2D eigenvalue weighted by atomic mass is 10.0. The molecule has 1 aliphatic rings. The van der Waals surface area contributed by atoms with Gasteiger partial charge in [0.15, 0.2) is 11.5 Å². The fraction of sp³-hybridized carbons (Fsp3) is 0.400. The van der Waals surface area contributed by atoms with Crippen molar-refractivity contribution in [3.8, 4) is 11.5 Å². The molecule has 0 radical (unpaired) electrons. The lowest BCUT2D eigenvalue weighted by Crippen LogP contribution is -2.24. The van der Waals surface area contributed by atoms with Crippen LogP contribution in [0.2, 0.25) is 0 Å². The first-order valence-corrected chi connectivity index (χ1v) is 6.74. The van der Waals surface area contributed by atoms with Crippen molar-refractivity contribution in [3.63, 3.8) is 0 Å². The van der Waals surface area contributed by atoms with Gasteiger partial charge < -0.3 is 14.8 Å². The number of nitrogens with one attached hydrogen (secondary N) is 1. The summed E-state index contributed by atoms with van der Waals surface area (Å²) >= 11 is 0. The molecule has 0 aliphatic carbocycles. The number of fused-ring (bicyclic) bond motifs is 1. The highest BCUT2D eigenvalue weighted by molar-refractivity contribution is 5.48. The van der Waals surface area contributed by atoms with Gasteiger partial charge in [-0.1, -0.05) is 6.07 Å². The number of aryl methyl sites for hydroxylation is 1. The van der Waals surface area contributed by atoms with E-state index in [-0.39, 0.29) is 6.04 Å². The van der Waals surface area contributed by atoms with E-state index in [1.165, 1.54) is 11.1 Å². The van der Waals surface area contributed by atoms with Crippen molar-refractivity contribution in [1.82, 2.24) is 9.78 Å². The van der Waals surface area contributed by atoms with Crippen LogP contribution in [0.15, 0.2) is 24.4 Å². The minimum atomic E-state index is 0.236. The van der Waals surface area contributed by atoms with Gasteiger partial charge in [-0.05, 0) is 31.0 Å². The van der Waals surface area contributed by atoms with Crippen LogP contribution in [0, 0.1) is 6.92 Å². The first kappa shape index (κ1) is 12.8. The first-order valence-electron chi connectivity index (χ1n) is 6.74. The summed E-state index contributed by atoms with van der Waals surface area (Å²) < 4.78 is 12.7. The first-order chi connectivity index (χ1) is 9.74. The number of aromatic nitrogens is 2. The van der Waals surface area contributed by atoms with Crippen molar-refractivity contribution in [2.75, 3.05) is 26.1 Å². The summed E-state index contributed by atoms with van der Waals surface area (Å²) in [6.45, 7) is 3.02. The molecule has 5 nitrogen and oxygen atoms in total. The Balaban J connectivity index is 2.02. The van der Waals surface area contributed by atoms with E-state index in [1.54, 1.807) is 14.2 Å². The van der Waals surface area contributed by atoms with Gasteiger partial charge in [0.25, 0.3) is 0 Å². The van der Waals surface area contributed by atoms with Crippen LogP contribution in [0.5, 0.6) is 11.5 Å². The zero-order valence-corrected chi connectivity index (χ0v) is 12.0. The summed E-state index contributed by atoms with van der Waals surface area (Å²) in [6.07, 6.45) is 2.91. The van der Waals surface area contributed by atoms with E-state index in [9.17, 15) is 0 Å². The topological polar surface area (TPSA) is 48.3 Å². The Kier molecular flexibility index (Phi) is 3.26. The highest BCUT2D eigenvalue weighted by Gasteiger charge is 2.24. The molecule has 2 aromatic rings. The number of ether oxygens (including phenoxy) is 2. The zero-order chi connectivity index (χ0) is 14.1. The second-order valence-corrected chi connectivity index (χ2v) is 4.97. The Morgan fingerprint density at radius 1 is 1.25 bits per heavy atom. The molecule has 0 fully saturated rings. The van der Waals surface area contributed by atoms with E-state index in [4.69, 9.17) is 9.47 Å². The third kappa shape index (κ3) is 1.99. The van der Waals surface area contributed by atoms with E-state index in [2.05, 4.69) is 28.1 Å². The van der Waals surface area contributed by atoms with Crippen LogP contribution in [0.25, 0.3) is 0 Å². The number of methoxy groups -OCH3 is 2. The Bertz CT molecular complexity index is 622. The van der Waals surface area contributed by atoms with Crippen molar-refractivity contribution in [2.45, 2.75) is 19.4 Å². The molecule has 0 saturated heterocycles. The maximum atomic E-state index is 5.39. The van der Waals surface area contributed by atoms with Gasteiger partial charge >= 0.3 is 0 Å². The van der Waals surface area contributed by atoms with Gasteiger partial charge in [0.1, 0.15) is 5.82 Å². The summed E-state index contributed by atoms with van der Waals surface area (Å²) in [6, 6.07) is 6.31. The molecule has 3 rings (SSSR count). The molecule has 0 amide bonds. The normalized spacial score (nSPS) is 17.2. The lowest BCUT2D eigenvalue weighted by molar-refractivity contribution is 0.353. The third-order valence-electron chi connectivity index (χ3n) is 3.78. The fourth-order valence-corrected chi connectivity index (χ4v) is 2.72. The van der Waals surface area contributed by atoms with Gasteiger partial charge in [-0.3, -0.25) is 0 Å². The molecule has 106 valence electrons. The zero-order valence-electron chi connectivity index (χ0n) is 12.0. The Morgan fingerprint density at radius 3 is 2.80 bits per heavy atom. The van der Waals surface area contributed by atoms with Crippen molar-refractivity contribution >= 4 is 5.82 Å². The van der Waals surface area contributed by atoms with Crippen LogP contribution in [0.4, 0.5) is 5.82 Å². The van der Waals surface area contributed by atoms with Crippen LogP contribution in [0.3, 0.4) is 0 Å². The van der Waals surface area contributed by atoms with E-state index in [0.29, 0.717) is 0 Å². The molecule has 2 heterocycles. The molecule has 5 heteroatoms. The van der Waals surface area contributed by atoms with E-state index >= 15 is 0 Å². The van der Waals surface area contributed by atoms with Crippen molar-refractivity contribution in [3.05, 3.63) is 35.5 Å². The third-order valence-corrected chi connectivity index (χ3v) is 3.78. The molecule has 0 spiro atoms. The van der Waals surface area contributed by atoms with Crippen LogP contribution in [-0.4, -0.2) is 30.5 Å². The second kappa shape index (κ2) is 5.07. The number of hydrogen-bond acceptors (Lipinski definition) is 4. The van der Waals surface area contributed by atoms with Crippen molar-refractivity contribution in [1.29, 1.82) is 0 Å². The molecular weight excluding hydrogens is 254 g/mol. The molecule has 1 atom stereocenters. The van der Waals surface area contributed by atoms with Crippen LogP contribution >= 0.6 is 0 Å². The monoisotopic (exact) mass is 273 g/mol. The minimum absolute atomic E-state index is 0.236. The molecule has 1 N–H and O–H groups in total. The largest absolute Gasteiger partial charge is 0.493 e. The Labute approximate surface area is 118 Å². The minimum Gasteiger partial charge on any atom is -0.493 e. The smallest absolute Gasteiger partial charge is 0.161 e. The van der Waals surface area contributed by atoms with Crippen LogP contribution in [0.1, 0.15) is 23.6 Å². The Morgan fingerprint density at radius 2 is 2.05 bits per heavy atom. The number of rotatable bonds is 3. The molecular formula is C15H19N3O2. The lowest BCUT2D eigenvalue weighted by Gasteiger charge is -2.27. The molecule has 0 saturated carbocycles. The predicted octanol–water partition coefficient (Wildman–Crippen LogP) is 2.61. The fourth-order valence-electron chi connectivity index (χ4n) is 2.72. The van der Waals surface area contributed by atoms with E-state index < -0.39 is 0 Å². The molecule has 1 aliphatic heterocycles. The van der Waals surface area contributed by atoms with E-state index in [1.807, 2.05) is 18.3 Å².